The smallest absolute Gasteiger partial charge is 0.353 e. The van der Waals surface area contributed by atoms with Gasteiger partial charge in [-0.1, -0.05) is 6.07 Å². The molecule has 3 rings (SSSR count). The van der Waals surface area contributed by atoms with E-state index in [4.69, 9.17) is 9.47 Å². The number of benzene rings is 1. The van der Waals surface area contributed by atoms with Crippen LogP contribution in [0.15, 0.2) is 30.6 Å². The summed E-state index contributed by atoms with van der Waals surface area (Å²) in [7, 11) is 1.56. The first-order valence-electron chi connectivity index (χ1n) is 7.42. The third-order valence-electron chi connectivity index (χ3n) is 3.63. The number of methoxy groups -OCH3 is 1. The van der Waals surface area contributed by atoms with Gasteiger partial charge in [-0.3, -0.25) is 10.1 Å². The van der Waals surface area contributed by atoms with E-state index in [2.05, 4.69) is 15.3 Å². The van der Waals surface area contributed by atoms with E-state index in [1.807, 2.05) is 4.90 Å². The number of ether oxygens (including phenoxy) is 2. The standard InChI is InChI=1S/C15H17N5O4/c1-23-12-4-2-3-11(9-12)18-14-13(20(21)22)15(17-10-16-14)19-5-7-24-8-6-19/h2-4,9-10H,5-8H2,1H3,(H,16,17,18). The van der Waals surface area contributed by atoms with Gasteiger partial charge in [-0.2, -0.15) is 0 Å². The van der Waals surface area contributed by atoms with Crippen molar-refractivity contribution in [3.05, 3.63) is 40.7 Å². The summed E-state index contributed by atoms with van der Waals surface area (Å²) in [6.07, 6.45) is 1.32. The fourth-order valence-corrected chi connectivity index (χ4v) is 2.47. The summed E-state index contributed by atoms with van der Waals surface area (Å²) in [6, 6.07) is 7.10. The van der Waals surface area contributed by atoms with Gasteiger partial charge >= 0.3 is 5.69 Å². The summed E-state index contributed by atoms with van der Waals surface area (Å²) in [4.78, 5) is 21.1. The van der Waals surface area contributed by atoms with Crippen molar-refractivity contribution in [2.45, 2.75) is 0 Å². The molecule has 0 amide bonds. The molecule has 0 radical (unpaired) electrons. The van der Waals surface area contributed by atoms with Crippen molar-refractivity contribution >= 4 is 23.0 Å². The number of anilines is 3. The van der Waals surface area contributed by atoms with E-state index < -0.39 is 4.92 Å². The highest BCUT2D eigenvalue weighted by Gasteiger charge is 2.28. The number of rotatable bonds is 5. The lowest BCUT2D eigenvalue weighted by Gasteiger charge is -2.27. The predicted molar refractivity (Wildman–Crippen MR) is 88.0 cm³/mol. The predicted octanol–water partition coefficient (Wildman–Crippen LogP) is 1.97. The first-order valence-corrected chi connectivity index (χ1v) is 7.42. The molecule has 0 saturated carbocycles. The molecule has 9 heteroatoms. The molecule has 0 spiro atoms. The molecule has 0 atom stereocenters. The molecule has 0 unspecified atom stereocenters. The Morgan fingerprint density at radius 3 is 2.83 bits per heavy atom. The van der Waals surface area contributed by atoms with E-state index in [0.29, 0.717) is 43.6 Å². The summed E-state index contributed by atoms with van der Waals surface area (Å²) in [6.45, 7) is 2.13. The van der Waals surface area contributed by atoms with Crippen molar-refractivity contribution in [3.63, 3.8) is 0 Å². The molecule has 1 aromatic carbocycles. The lowest BCUT2D eigenvalue weighted by Crippen LogP contribution is -2.37. The minimum atomic E-state index is -0.465. The third kappa shape index (κ3) is 3.35. The van der Waals surface area contributed by atoms with Crippen molar-refractivity contribution in [3.8, 4) is 5.75 Å². The van der Waals surface area contributed by atoms with Gasteiger partial charge in [-0.25, -0.2) is 9.97 Å². The van der Waals surface area contributed by atoms with Gasteiger partial charge in [0.25, 0.3) is 0 Å². The maximum Gasteiger partial charge on any atom is 0.353 e. The number of nitro groups is 1. The fourth-order valence-electron chi connectivity index (χ4n) is 2.47. The van der Waals surface area contributed by atoms with Crippen LogP contribution >= 0.6 is 0 Å². The number of hydrogen-bond donors (Lipinski definition) is 1. The fraction of sp³-hybridized carbons (Fsp3) is 0.333. The Morgan fingerprint density at radius 1 is 1.33 bits per heavy atom. The van der Waals surface area contributed by atoms with Crippen molar-refractivity contribution in [1.29, 1.82) is 0 Å². The lowest BCUT2D eigenvalue weighted by atomic mass is 10.3. The molecular formula is C15H17N5O4. The molecule has 1 aromatic heterocycles. The van der Waals surface area contributed by atoms with E-state index in [9.17, 15) is 10.1 Å². The SMILES string of the molecule is COc1cccc(Nc2ncnc(N3CCOCC3)c2[N+](=O)[O-])c1. The molecule has 1 aliphatic rings. The number of morpholine rings is 1. The number of aromatic nitrogens is 2. The van der Waals surface area contributed by atoms with Crippen LogP contribution in [0.5, 0.6) is 5.75 Å². The summed E-state index contributed by atoms with van der Waals surface area (Å²) in [5.41, 5.74) is 0.492. The average molecular weight is 331 g/mol. The molecule has 1 aliphatic heterocycles. The monoisotopic (exact) mass is 331 g/mol. The number of nitrogens with one attached hydrogen (secondary N) is 1. The molecule has 1 saturated heterocycles. The van der Waals surface area contributed by atoms with Crippen LogP contribution < -0.4 is 15.0 Å². The van der Waals surface area contributed by atoms with Crippen LogP contribution in [-0.4, -0.2) is 48.3 Å². The van der Waals surface area contributed by atoms with E-state index in [-0.39, 0.29) is 11.5 Å². The Hall–Kier alpha value is -2.94. The summed E-state index contributed by atoms with van der Waals surface area (Å²) >= 11 is 0. The molecule has 126 valence electrons. The van der Waals surface area contributed by atoms with E-state index >= 15 is 0 Å². The zero-order valence-corrected chi connectivity index (χ0v) is 13.1. The van der Waals surface area contributed by atoms with Gasteiger partial charge in [0, 0.05) is 24.8 Å². The molecule has 0 bridgehead atoms. The maximum atomic E-state index is 11.6. The van der Waals surface area contributed by atoms with E-state index in [1.54, 1.807) is 31.4 Å². The van der Waals surface area contributed by atoms with Crippen LogP contribution in [0.4, 0.5) is 23.0 Å². The second-order valence-corrected chi connectivity index (χ2v) is 5.11. The van der Waals surface area contributed by atoms with Gasteiger partial charge in [0.2, 0.25) is 11.6 Å². The van der Waals surface area contributed by atoms with Gasteiger partial charge in [0.1, 0.15) is 12.1 Å². The highest BCUT2D eigenvalue weighted by Crippen LogP contribution is 2.34. The Bertz CT molecular complexity index is 734. The Balaban J connectivity index is 1.96. The topological polar surface area (TPSA) is 103 Å². The zero-order valence-electron chi connectivity index (χ0n) is 13.1. The summed E-state index contributed by atoms with van der Waals surface area (Å²) in [5.74, 6) is 1.08. The van der Waals surface area contributed by atoms with Crippen molar-refractivity contribution in [1.82, 2.24) is 9.97 Å². The van der Waals surface area contributed by atoms with E-state index in [0.717, 1.165) is 0 Å². The van der Waals surface area contributed by atoms with Gasteiger partial charge < -0.3 is 19.7 Å². The van der Waals surface area contributed by atoms with Crippen molar-refractivity contribution in [2.75, 3.05) is 43.6 Å². The van der Waals surface area contributed by atoms with Crippen LogP contribution in [0.3, 0.4) is 0 Å². The molecule has 2 heterocycles. The van der Waals surface area contributed by atoms with Crippen LogP contribution in [0, 0.1) is 10.1 Å². The van der Waals surface area contributed by atoms with Crippen LogP contribution in [-0.2, 0) is 4.74 Å². The highest BCUT2D eigenvalue weighted by molar-refractivity contribution is 5.74. The molecule has 9 nitrogen and oxygen atoms in total. The normalized spacial score (nSPS) is 14.3. The Labute approximate surface area is 138 Å². The van der Waals surface area contributed by atoms with Gasteiger partial charge in [-0.05, 0) is 12.1 Å². The summed E-state index contributed by atoms with van der Waals surface area (Å²) < 4.78 is 10.4. The second-order valence-electron chi connectivity index (χ2n) is 5.11. The quantitative estimate of drug-likeness (QED) is 0.655. The second kappa shape index (κ2) is 7.09. The largest absolute Gasteiger partial charge is 0.497 e. The molecule has 2 aromatic rings. The van der Waals surface area contributed by atoms with Crippen LogP contribution in [0.2, 0.25) is 0 Å². The molecule has 1 N–H and O–H groups in total. The first kappa shape index (κ1) is 15.9. The highest BCUT2D eigenvalue weighted by atomic mass is 16.6. The number of hydrogen-bond acceptors (Lipinski definition) is 8. The Morgan fingerprint density at radius 2 is 2.12 bits per heavy atom. The van der Waals surface area contributed by atoms with E-state index in [1.165, 1.54) is 6.33 Å². The van der Waals surface area contributed by atoms with Crippen molar-refractivity contribution < 1.29 is 14.4 Å². The molecule has 1 fully saturated rings. The third-order valence-corrected chi connectivity index (χ3v) is 3.63. The minimum absolute atomic E-state index is 0.143. The van der Waals surface area contributed by atoms with Gasteiger partial charge in [-0.15, -0.1) is 0 Å². The Kier molecular flexibility index (Phi) is 4.71. The lowest BCUT2D eigenvalue weighted by molar-refractivity contribution is -0.383. The first-order chi connectivity index (χ1) is 11.7. The van der Waals surface area contributed by atoms with Crippen LogP contribution in [0.1, 0.15) is 0 Å². The maximum absolute atomic E-state index is 11.6. The average Bonchev–Trinajstić information content (AvgIpc) is 2.62. The molecule has 0 aliphatic carbocycles. The van der Waals surface area contributed by atoms with Crippen molar-refractivity contribution in [2.24, 2.45) is 0 Å². The van der Waals surface area contributed by atoms with Gasteiger partial charge in [0.15, 0.2) is 0 Å². The molecular weight excluding hydrogens is 314 g/mol. The zero-order chi connectivity index (χ0) is 16.9. The summed E-state index contributed by atoms with van der Waals surface area (Å²) in [5, 5.41) is 14.6. The van der Waals surface area contributed by atoms with Crippen LogP contribution in [0.25, 0.3) is 0 Å². The molecule has 24 heavy (non-hydrogen) atoms. The van der Waals surface area contributed by atoms with Gasteiger partial charge in [0.05, 0.1) is 25.2 Å². The minimum Gasteiger partial charge on any atom is -0.497 e. The number of nitrogens with zero attached hydrogens (tertiary/aromatic N) is 4.